The minimum Gasteiger partial charge on any atom is -0.285 e. The van der Waals surface area contributed by atoms with Gasteiger partial charge in [-0.05, 0) is 25.0 Å². The fourth-order valence-electron chi connectivity index (χ4n) is 1.78. The highest BCUT2D eigenvalue weighted by atomic mass is 32.2. The summed E-state index contributed by atoms with van der Waals surface area (Å²) in [5.74, 6) is 2.79. The van der Waals surface area contributed by atoms with Crippen molar-refractivity contribution in [3.05, 3.63) is 0 Å². The fourth-order valence-corrected chi connectivity index (χ4v) is 4.34. The lowest BCUT2D eigenvalue weighted by Gasteiger charge is -2.29. The molecule has 1 unspecified atom stereocenters. The van der Waals surface area contributed by atoms with Gasteiger partial charge in [-0.1, -0.05) is 13.3 Å². The van der Waals surface area contributed by atoms with Crippen molar-refractivity contribution in [1.82, 2.24) is 0 Å². The molecule has 0 aromatic carbocycles. The third kappa shape index (κ3) is 2.08. The van der Waals surface area contributed by atoms with Gasteiger partial charge in [0.15, 0.2) is 0 Å². The molecule has 62 valence electrons. The van der Waals surface area contributed by atoms with Crippen molar-refractivity contribution >= 4 is 9.93 Å². The Kier molecular flexibility index (Phi) is 2.50. The second-order valence-electron chi connectivity index (χ2n) is 3.62. The molecule has 0 radical (unpaired) electrons. The van der Waals surface area contributed by atoms with Crippen LogP contribution in [0.3, 0.4) is 0 Å². The van der Waals surface area contributed by atoms with Crippen LogP contribution in [0.4, 0.5) is 0 Å². The molecule has 1 heterocycles. The largest absolute Gasteiger partial charge is 0.285 e. The van der Waals surface area contributed by atoms with Crippen LogP contribution in [0.1, 0.15) is 26.2 Å². The van der Waals surface area contributed by atoms with Gasteiger partial charge in [-0.25, -0.2) is 0 Å². The quantitative estimate of drug-likeness (QED) is 0.578. The summed E-state index contributed by atoms with van der Waals surface area (Å²) in [7, 11) is -1.66. The maximum Gasteiger partial charge on any atom is 0.00385 e. The first-order valence-corrected chi connectivity index (χ1v) is 6.72. The summed E-state index contributed by atoms with van der Waals surface area (Å²) in [6, 6.07) is 0. The van der Waals surface area contributed by atoms with E-state index in [4.69, 9.17) is 0 Å². The Morgan fingerprint density at radius 3 is 2.70 bits per heavy atom. The second-order valence-corrected chi connectivity index (χ2v) is 7.03. The van der Waals surface area contributed by atoms with Crippen LogP contribution in [0.2, 0.25) is 0 Å². The second kappa shape index (κ2) is 3.04. The average molecular weight is 162 g/mol. The summed E-state index contributed by atoms with van der Waals surface area (Å²) >= 11 is 0. The zero-order chi connectivity index (χ0) is 7.61. The predicted octanol–water partition coefficient (Wildman–Crippen LogP) is 1.45. The summed E-state index contributed by atoms with van der Waals surface area (Å²) in [5.41, 5.74) is 0. The highest BCUT2D eigenvalue weighted by molar-refractivity contribution is 8.02. The Hall–Kier alpha value is 0.150. The molecule has 10 heavy (non-hydrogen) atoms. The third-order valence-electron chi connectivity index (χ3n) is 2.47. The van der Waals surface area contributed by atoms with Gasteiger partial charge in [-0.15, -0.1) is 9.93 Å². The Bertz CT molecular complexity index is 153. The van der Waals surface area contributed by atoms with E-state index in [1.54, 1.807) is 0 Å². The van der Waals surface area contributed by atoms with E-state index in [0.717, 1.165) is 17.4 Å². The van der Waals surface area contributed by atoms with E-state index in [-0.39, 0.29) is 0 Å². The van der Waals surface area contributed by atoms with Crippen molar-refractivity contribution in [2.24, 2.45) is 5.92 Å². The molecule has 0 spiro atoms. The smallest absolute Gasteiger partial charge is 0.00385 e. The Morgan fingerprint density at radius 2 is 2.30 bits per heavy atom. The van der Waals surface area contributed by atoms with Crippen molar-refractivity contribution in [2.45, 2.75) is 26.2 Å². The molecule has 1 aliphatic heterocycles. The van der Waals surface area contributed by atoms with Gasteiger partial charge in [0.05, 0.1) is 0 Å². The number of hydrogen-bond donors (Lipinski definition) is 1. The van der Waals surface area contributed by atoms with Crippen molar-refractivity contribution in [3.63, 3.8) is 0 Å². The molecule has 1 rings (SSSR count). The minimum atomic E-state index is -1.66. The maximum absolute atomic E-state index is 11.6. The summed E-state index contributed by atoms with van der Waals surface area (Å²) in [6.07, 6.45) is 5.70. The van der Waals surface area contributed by atoms with Gasteiger partial charge < -0.3 is 0 Å². The molecule has 1 saturated heterocycles. The zero-order valence-electron chi connectivity index (χ0n) is 6.97. The lowest BCUT2D eigenvalue weighted by Crippen LogP contribution is -2.29. The Labute approximate surface area is 64.6 Å². The normalized spacial score (nSPS) is 35.2. The molecule has 0 aromatic rings. The van der Waals surface area contributed by atoms with E-state index in [9.17, 15) is 4.21 Å². The number of hydrogen-bond acceptors (Lipinski definition) is 1. The predicted molar refractivity (Wildman–Crippen MR) is 48.2 cm³/mol. The van der Waals surface area contributed by atoms with E-state index in [1.165, 1.54) is 19.3 Å². The zero-order valence-corrected chi connectivity index (χ0v) is 7.86. The van der Waals surface area contributed by atoms with E-state index in [2.05, 4.69) is 6.92 Å². The molecule has 0 amide bonds. The van der Waals surface area contributed by atoms with Crippen molar-refractivity contribution in [2.75, 3.05) is 17.8 Å². The first kappa shape index (κ1) is 8.25. The minimum absolute atomic E-state index is 0.768. The molecular weight excluding hydrogens is 144 g/mol. The van der Waals surface area contributed by atoms with Crippen LogP contribution < -0.4 is 0 Å². The maximum atomic E-state index is 11.6. The van der Waals surface area contributed by atoms with Crippen LogP contribution in [0.5, 0.6) is 0 Å². The van der Waals surface area contributed by atoms with E-state index < -0.39 is 9.93 Å². The lowest BCUT2D eigenvalue weighted by molar-refractivity contribution is 0.491. The summed E-state index contributed by atoms with van der Waals surface area (Å²) in [5, 5.41) is 0. The van der Waals surface area contributed by atoms with Crippen LogP contribution in [0.15, 0.2) is 0 Å². The van der Waals surface area contributed by atoms with Crippen LogP contribution >= 0.6 is 0 Å². The molecule has 1 aliphatic rings. The molecule has 0 aliphatic carbocycles. The Balaban J connectivity index is 2.48. The molecule has 0 bridgehead atoms. The van der Waals surface area contributed by atoms with E-state index >= 15 is 0 Å². The van der Waals surface area contributed by atoms with Gasteiger partial charge in [0.1, 0.15) is 0 Å². The lowest BCUT2D eigenvalue weighted by atomic mass is 10.0. The van der Waals surface area contributed by atoms with Crippen LogP contribution in [-0.4, -0.2) is 22.0 Å². The molecule has 1 atom stereocenters. The van der Waals surface area contributed by atoms with Gasteiger partial charge in [0.25, 0.3) is 0 Å². The van der Waals surface area contributed by atoms with Gasteiger partial charge in [0.2, 0.25) is 0 Å². The van der Waals surface area contributed by atoms with E-state index in [1.807, 2.05) is 6.26 Å². The van der Waals surface area contributed by atoms with Crippen LogP contribution in [0.25, 0.3) is 0 Å². The molecule has 0 N–H and O–H groups in total. The van der Waals surface area contributed by atoms with Crippen molar-refractivity contribution < 1.29 is 4.21 Å². The Morgan fingerprint density at radius 1 is 1.60 bits per heavy atom. The third-order valence-corrected chi connectivity index (χ3v) is 5.02. The molecule has 0 saturated carbocycles. The number of thiol groups is 1. The summed E-state index contributed by atoms with van der Waals surface area (Å²) in [6.45, 7) is 2.20. The topological polar surface area (TPSA) is 17.1 Å². The molecule has 2 heteroatoms. The van der Waals surface area contributed by atoms with Gasteiger partial charge in [-0.3, -0.25) is 4.21 Å². The molecule has 0 aromatic heterocycles. The van der Waals surface area contributed by atoms with Crippen LogP contribution in [-0.2, 0) is 9.93 Å². The average Bonchev–Trinajstić information content (AvgIpc) is 1.86. The van der Waals surface area contributed by atoms with Gasteiger partial charge in [0, 0.05) is 11.5 Å². The highest BCUT2D eigenvalue weighted by Gasteiger charge is 2.20. The fraction of sp³-hybridized carbons (Fsp3) is 1.00. The first-order valence-electron chi connectivity index (χ1n) is 4.19. The number of rotatable bonds is 1. The molecular formula is C8H18OS. The van der Waals surface area contributed by atoms with Crippen molar-refractivity contribution in [3.8, 4) is 0 Å². The van der Waals surface area contributed by atoms with Crippen LogP contribution in [0, 0.1) is 5.92 Å². The summed E-state index contributed by atoms with van der Waals surface area (Å²) in [4.78, 5) is 0. The highest BCUT2D eigenvalue weighted by Crippen LogP contribution is 2.23. The summed E-state index contributed by atoms with van der Waals surface area (Å²) < 4.78 is 11.6. The molecule has 1 fully saturated rings. The monoisotopic (exact) mass is 162 g/mol. The molecule has 1 nitrogen and oxygen atoms in total. The standard InChI is InChI=1S/C8H18OS/c1-3-8-5-4-6-10(2,9)7-8/h8,10H,3-7H2,1-2H3. The SMILES string of the molecule is CCC1CCC[SH](C)(=O)C1. The van der Waals surface area contributed by atoms with Gasteiger partial charge >= 0.3 is 0 Å². The first-order chi connectivity index (χ1) is 4.64. The van der Waals surface area contributed by atoms with Crippen molar-refractivity contribution in [1.29, 1.82) is 0 Å². The van der Waals surface area contributed by atoms with E-state index in [0.29, 0.717) is 0 Å². The van der Waals surface area contributed by atoms with Gasteiger partial charge in [-0.2, -0.15) is 0 Å².